The molecular formula is C17H13FO3. The Kier molecular flexibility index (Phi) is 3.44. The Hall–Kier alpha value is -2.62. The van der Waals surface area contributed by atoms with Crippen LogP contribution in [0.5, 0.6) is 5.75 Å². The lowest BCUT2D eigenvalue weighted by atomic mass is 9.93. The van der Waals surface area contributed by atoms with Crippen molar-refractivity contribution in [1.29, 1.82) is 0 Å². The van der Waals surface area contributed by atoms with Crippen LogP contribution in [0.4, 0.5) is 4.39 Å². The number of hydrogen-bond donors (Lipinski definition) is 0. The zero-order chi connectivity index (χ0) is 14.8. The molecule has 0 fully saturated rings. The summed E-state index contributed by atoms with van der Waals surface area (Å²) in [5.41, 5.74) is 2.31. The third-order valence-electron chi connectivity index (χ3n) is 3.38. The van der Waals surface area contributed by atoms with Gasteiger partial charge in [-0.3, -0.25) is 0 Å². The Balaban J connectivity index is 2.13. The molecule has 0 saturated carbocycles. The maximum atomic E-state index is 14.0. The van der Waals surface area contributed by atoms with Crippen LogP contribution in [0.25, 0.3) is 5.57 Å². The summed E-state index contributed by atoms with van der Waals surface area (Å²) in [5, 5.41) is 0. The minimum Gasteiger partial charge on any atom is -0.489 e. The number of hydrogen-bond acceptors (Lipinski definition) is 3. The number of esters is 1. The standard InChI is InChI=1S/C17H13FO3/c1-20-17(19)11-6-7-16-14(10-11)12(8-9-21-16)13-4-2-3-5-15(13)18/h2-8,10H,9H2,1H3. The van der Waals surface area contributed by atoms with Crippen LogP contribution in [0.2, 0.25) is 0 Å². The van der Waals surface area contributed by atoms with Gasteiger partial charge in [0.2, 0.25) is 0 Å². The quantitative estimate of drug-likeness (QED) is 0.792. The first-order chi connectivity index (χ1) is 10.2. The number of rotatable bonds is 2. The van der Waals surface area contributed by atoms with E-state index in [1.807, 2.05) is 6.08 Å². The number of halogens is 1. The molecular weight excluding hydrogens is 271 g/mol. The number of ether oxygens (including phenoxy) is 2. The SMILES string of the molecule is COC(=O)c1ccc2c(c1)C(c1ccccc1F)=CCO2. The molecule has 0 bridgehead atoms. The molecule has 2 aromatic rings. The predicted molar refractivity (Wildman–Crippen MR) is 76.8 cm³/mol. The van der Waals surface area contributed by atoms with Crippen LogP contribution in [0.3, 0.4) is 0 Å². The Labute approximate surface area is 121 Å². The molecule has 106 valence electrons. The first-order valence-electron chi connectivity index (χ1n) is 6.51. The summed E-state index contributed by atoms with van der Waals surface area (Å²) >= 11 is 0. The van der Waals surface area contributed by atoms with Crippen molar-refractivity contribution < 1.29 is 18.7 Å². The van der Waals surface area contributed by atoms with E-state index in [-0.39, 0.29) is 5.82 Å². The summed E-state index contributed by atoms with van der Waals surface area (Å²) in [6.45, 7) is 0.369. The molecule has 1 aliphatic rings. The lowest BCUT2D eigenvalue weighted by Gasteiger charge is -2.20. The molecule has 0 amide bonds. The Morgan fingerprint density at radius 2 is 2.00 bits per heavy atom. The summed E-state index contributed by atoms with van der Waals surface area (Å²) < 4.78 is 24.3. The van der Waals surface area contributed by atoms with E-state index in [2.05, 4.69) is 0 Å². The fourth-order valence-electron chi connectivity index (χ4n) is 2.37. The molecule has 0 unspecified atom stereocenters. The van der Waals surface area contributed by atoms with Crippen LogP contribution in [0.15, 0.2) is 48.5 Å². The van der Waals surface area contributed by atoms with Gasteiger partial charge in [0, 0.05) is 11.1 Å². The van der Waals surface area contributed by atoms with Gasteiger partial charge in [-0.05, 0) is 35.9 Å². The van der Waals surface area contributed by atoms with Gasteiger partial charge in [-0.15, -0.1) is 0 Å². The van der Waals surface area contributed by atoms with Crippen molar-refractivity contribution in [3.63, 3.8) is 0 Å². The van der Waals surface area contributed by atoms with Crippen molar-refractivity contribution >= 4 is 11.5 Å². The topological polar surface area (TPSA) is 35.5 Å². The highest BCUT2D eigenvalue weighted by Crippen LogP contribution is 2.35. The Bertz CT molecular complexity index is 735. The molecule has 3 rings (SSSR count). The molecule has 0 radical (unpaired) electrons. The smallest absolute Gasteiger partial charge is 0.337 e. The fraction of sp³-hybridized carbons (Fsp3) is 0.118. The largest absolute Gasteiger partial charge is 0.489 e. The number of carbonyl (C=O) groups excluding carboxylic acids is 1. The summed E-state index contributed by atoms with van der Waals surface area (Å²) in [4.78, 5) is 11.7. The second-order valence-corrected chi connectivity index (χ2v) is 4.61. The average molecular weight is 284 g/mol. The molecule has 2 aromatic carbocycles. The molecule has 0 spiro atoms. The summed E-state index contributed by atoms with van der Waals surface area (Å²) in [6.07, 6.45) is 1.81. The van der Waals surface area contributed by atoms with E-state index in [1.165, 1.54) is 13.2 Å². The molecule has 0 saturated heterocycles. The normalized spacial score (nSPS) is 13.0. The van der Waals surface area contributed by atoms with E-state index in [0.717, 1.165) is 5.57 Å². The van der Waals surface area contributed by atoms with Crippen molar-refractivity contribution in [3.8, 4) is 5.75 Å². The van der Waals surface area contributed by atoms with E-state index in [0.29, 0.717) is 29.0 Å². The Morgan fingerprint density at radius 3 is 2.76 bits per heavy atom. The minimum atomic E-state index is -0.434. The van der Waals surface area contributed by atoms with Crippen molar-refractivity contribution in [1.82, 2.24) is 0 Å². The molecule has 0 atom stereocenters. The maximum Gasteiger partial charge on any atom is 0.337 e. The third-order valence-corrected chi connectivity index (χ3v) is 3.38. The monoisotopic (exact) mass is 284 g/mol. The van der Waals surface area contributed by atoms with Gasteiger partial charge in [0.15, 0.2) is 0 Å². The van der Waals surface area contributed by atoms with Gasteiger partial charge in [0.25, 0.3) is 0 Å². The zero-order valence-corrected chi connectivity index (χ0v) is 11.4. The first kappa shape index (κ1) is 13.4. The molecule has 4 heteroatoms. The molecule has 0 aromatic heterocycles. The van der Waals surface area contributed by atoms with E-state index in [1.54, 1.807) is 36.4 Å². The van der Waals surface area contributed by atoms with Gasteiger partial charge >= 0.3 is 5.97 Å². The molecule has 21 heavy (non-hydrogen) atoms. The van der Waals surface area contributed by atoms with Gasteiger partial charge < -0.3 is 9.47 Å². The van der Waals surface area contributed by atoms with Crippen LogP contribution in [0.1, 0.15) is 21.5 Å². The predicted octanol–water partition coefficient (Wildman–Crippen LogP) is 3.44. The minimum absolute atomic E-state index is 0.305. The van der Waals surface area contributed by atoms with Gasteiger partial charge in [0.05, 0.1) is 12.7 Å². The molecule has 0 aliphatic carbocycles. The highest BCUT2D eigenvalue weighted by atomic mass is 19.1. The lowest BCUT2D eigenvalue weighted by molar-refractivity contribution is 0.0600. The van der Waals surface area contributed by atoms with Crippen molar-refractivity contribution in [2.24, 2.45) is 0 Å². The third kappa shape index (κ3) is 2.40. The highest BCUT2D eigenvalue weighted by Gasteiger charge is 2.19. The van der Waals surface area contributed by atoms with E-state index >= 15 is 0 Å². The van der Waals surface area contributed by atoms with E-state index < -0.39 is 5.97 Å². The second-order valence-electron chi connectivity index (χ2n) is 4.61. The van der Waals surface area contributed by atoms with E-state index in [9.17, 15) is 9.18 Å². The van der Waals surface area contributed by atoms with Gasteiger partial charge in [0.1, 0.15) is 18.2 Å². The molecule has 1 heterocycles. The summed E-state index contributed by atoms with van der Waals surface area (Å²) in [7, 11) is 1.33. The van der Waals surface area contributed by atoms with Crippen LogP contribution >= 0.6 is 0 Å². The van der Waals surface area contributed by atoms with Crippen LogP contribution in [-0.2, 0) is 4.74 Å². The van der Waals surface area contributed by atoms with Gasteiger partial charge in [-0.1, -0.05) is 18.2 Å². The van der Waals surface area contributed by atoms with Gasteiger partial charge in [-0.2, -0.15) is 0 Å². The van der Waals surface area contributed by atoms with Crippen LogP contribution in [0, 0.1) is 5.82 Å². The Morgan fingerprint density at radius 1 is 1.19 bits per heavy atom. The second kappa shape index (κ2) is 5.40. The molecule has 3 nitrogen and oxygen atoms in total. The van der Waals surface area contributed by atoms with Crippen LogP contribution < -0.4 is 4.74 Å². The first-order valence-corrected chi connectivity index (χ1v) is 6.51. The van der Waals surface area contributed by atoms with E-state index in [4.69, 9.17) is 9.47 Å². The average Bonchev–Trinajstić information content (AvgIpc) is 2.53. The van der Waals surface area contributed by atoms with Crippen molar-refractivity contribution in [2.45, 2.75) is 0 Å². The van der Waals surface area contributed by atoms with Gasteiger partial charge in [-0.25, -0.2) is 9.18 Å². The number of fused-ring (bicyclic) bond motifs is 1. The zero-order valence-electron chi connectivity index (χ0n) is 11.4. The molecule has 0 N–H and O–H groups in total. The number of benzene rings is 2. The fourth-order valence-corrected chi connectivity index (χ4v) is 2.37. The maximum absolute atomic E-state index is 14.0. The van der Waals surface area contributed by atoms with Crippen LogP contribution in [-0.4, -0.2) is 19.7 Å². The molecule has 1 aliphatic heterocycles. The number of methoxy groups -OCH3 is 1. The summed E-state index contributed by atoms with van der Waals surface area (Å²) in [6, 6.07) is 11.5. The van der Waals surface area contributed by atoms with Crippen molar-refractivity contribution in [3.05, 3.63) is 71.0 Å². The number of carbonyl (C=O) groups is 1. The summed E-state index contributed by atoms with van der Waals surface area (Å²) in [5.74, 6) is -0.111. The lowest BCUT2D eigenvalue weighted by Crippen LogP contribution is -2.09. The van der Waals surface area contributed by atoms with Crippen molar-refractivity contribution in [2.75, 3.05) is 13.7 Å². The highest BCUT2D eigenvalue weighted by molar-refractivity contribution is 5.93.